The van der Waals surface area contributed by atoms with E-state index in [-0.39, 0.29) is 12.6 Å². The molecule has 1 aliphatic heterocycles. The highest BCUT2D eigenvalue weighted by molar-refractivity contribution is 7.92. The van der Waals surface area contributed by atoms with Gasteiger partial charge in [-0.3, -0.25) is 0 Å². The third-order valence-corrected chi connectivity index (χ3v) is 4.70. The zero-order chi connectivity index (χ0) is 17.0. The quantitative estimate of drug-likeness (QED) is 0.884. The number of fused-ring (bicyclic) bond motifs is 1. The first-order chi connectivity index (χ1) is 11.5. The van der Waals surface area contributed by atoms with Crippen LogP contribution in [0.3, 0.4) is 0 Å². The summed E-state index contributed by atoms with van der Waals surface area (Å²) in [4.78, 5) is 0. The number of hydrogen-bond donors (Lipinski definition) is 1. The third kappa shape index (κ3) is 4.50. The van der Waals surface area contributed by atoms with Crippen molar-refractivity contribution in [1.29, 1.82) is 0 Å². The molecule has 0 saturated heterocycles. The maximum atomic E-state index is 12.0. The Balaban J connectivity index is 1.57. The minimum Gasteiger partial charge on any atom is -0.486 e. The summed E-state index contributed by atoms with van der Waals surface area (Å²) in [7, 11) is -3.57. The van der Waals surface area contributed by atoms with Crippen molar-refractivity contribution in [1.82, 2.24) is 4.72 Å². The van der Waals surface area contributed by atoms with Gasteiger partial charge in [0.25, 0.3) is 0 Å². The van der Waals surface area contributed by atoms with Gasteiger partial charge in [0.15, 0.2) is 11.5 Å². The lowest BCUT2D eigenvalue weighted by Gasteiger charge is -2.26. The van der Waals surface area contributed by atoms with Gasteiger partial charge in [0, 0.05) is 10.4 Å². The predicted octanol–water partition coefficient (Wildman–Crippen LogP) is 3.07. The number of ether oxygens (including phenoxy) is 2. The Labute approximate surface area is 145 Å². The van der Waals surface area contributed by atoms with E-state index in [1.54, 1.807) is 30.3 Å². The Morgan fingerprint density at radius 2 is 1.83 bits per heavy atom. The van der Waals surface area contributed by atoms with Gasteiger partial charge in [0.05, 0.1) is 6.54 Å². The van der Waals surface area contributed by atoms with Crippen LogP contribution in [0.5, 0.6) is 11.5 Å². The first kappa shape index (κ1) is 16.8. The molecule has 1 N–H and O–H groups in total. The number of rotatable bonds is 5. The molecule has 2 aromatic rings. The molecule has 1 atom stereocenters. The van der Waals surface area contributed by atoms with Crippen LogP contribution < -0.4 is 14.2 Å². The second-order valence-corrected chi connectivity index (χ2v) is 7.33. The maximum Gasteiger partial charge on any atom is 0.233 e. The number of para-hydroxylation sites is 2. The fraction of sp³-hybridized carbons (Fsp3) is 0.176. The third-order valence-electron chi connectivity index (χ3n) is 3.39. The van der Waals surface area contributed by atoms with Crippen molar-refractivity contribution in [3.8, 4) is 11.5 Å². The Morgan fingerprint density at radius 3 is 2.58 bits per heavy atom. The van der Waals surface area contributed by atoms with Crippen LogP contribution >= 0.6 is 11.6 Å². The second-order valence-electron chi connectivity index (χ2n) is 5.25. The zero-order valence-electron chi connectivity index (χ0n) is 12.7. The molecule has 24 heavy (non-hydrogen) atoms. The lowest BCUT2D eigenvalue weighted by molar-refractivity contribution is 0.0943. The Morgan fingerprint density at radius 1 is 1.12 bits per heavy atom. The summed E-state index contributed by atoms with van der Waals surface area (Å²) in [5.41, 5.74) is 0.746. The molecule has 2 aromatic carbocycles. The van der Waals surface area contributed by atoms with Crippen molar-refractivity contribution < 1.29 is 17.9 Å². The fourth-order valence-corrected chi connectivity index (χ4v) is 3.14. The largest absolute Gasteiger partial charge is 0.486 e. The van der Waals surface area contributed by atoms with E-state index in [0.29, 0.717) is 23.1 Å². The molecule has 0 unspecified atom stereocenters. The highest BCUT2D eigenvalue weighted by atomic mass is 35.5. The van der Waals surface area contributed by atoms with Gasteiger partial charge in [0.2, 0.25) is 10.0 Å². The van der Waals surface area contributed by atoms with Crippen LogP contribution in [0.4, 0.5) is 0 Å². The molecule has 1 heterocycles. The molecule has 7 heteroatoms. The average molecular weight is 366 g/mol. The van der Waals surface area contributed by atoms with Gasteiger partial charge in [-0.15, -0.1) is 0 Å². The van der Waals surface area contributed by atoms with E-state index in [4.69, 9.17) is 21.1 Å². The first-order valence-corrected chi connectivity index (χ1v) is 9.26. The molecule has 0 bridgehead atoms. The van der Waals surface area contributed by atoms with Gasteiger partial charge in [-0.1, -0.05) is 35.9 Å². The van der Waals surface area contributed by atoms with E-state index >= 15 is 0 Å². The van der Waals surface area contributed by atoms with Gasteiger partial charge < -0.3 is 9.47 Å². The molecule has 0 amide bonds. The summed E-state index contributed by atoms with van der Waals surface area (Å²) in [6.45, 7) is 0.419. The standard InChI is InChI=1S/C17H16ClNO4S/c18-14-7-5-13(6-8-14)9-10-24(20,21)19-11-15-12-22-16-3-1-2-4-17(16)23-15/h1-10,15,19H,11-12H2/b10-9+/t15-/m0/s1. The number of hydrogen-bond acceptors (Lipinski definition) is 4. The molecule has 0 saturated carbocycles. The minimum absolute atomic E-state index is 0.127. The van der Waals surface area contributed by atoms with Crippen molar-refractivity contribution in [2.45, 2.75) is 6.10 Å². The second kappa shape index (κ2) is 7.25. The van der Waals surface area contributed by atoms with E-state index in [2.05, 4.69) is 4.72 Å². The summed E-state index contributed by atoms with van der Waals surface area (Å²) < 4.78 is 37.8. The van der Waals surface area contributed by atoms with E-state index in [9.17, 15) is 8.42 Å². The summed E-state index contributed by atoms with van der Waals surface area (Å²) in [5, 5.41) is 1.72. The Kier molecular flexibility index (Phi) is 5.08. The van der Waals surface area contributed by atoms with E-state index in [1.807, 2.05) is 18.2 Å². The van der Waals surface area contributed by atoms with Crippen molar-refractivity contribution in [3.05, 3.63) is 64.5 Å². The molecular formula is C17H16ClNO4S. The molecule has 126 valence electrons. The molecule has 0 spiro atoms. The van der Waals surface area contributed by atoms with Gasteiger partial charge in [-0.05, 0) is 35.9 Å². The van der Waals surface area contributed by atoms with Gasteiger partial charge >= 0.3 is 0 Å². The van der Waals surface area contributed by atoms with Crippen molar-refractivity contribution in [2.24, 2.45) is 0 Å². The maximum absolute atomic E-state index is 12.0. The lowest BCUT2D eigenvalue weighted by atomic mass is 10.2. The molecule has 0 aromatic heterocycles. The van der Waals surface area contributed by atoms with Crippen LogP contribution in [0, 0.1) is 0 Å². The molecular weight excluding hydrogens is 350 g/mol. The summed E-state index contributed by atoms with van der Waals surface area (Å²) in [6.07, 6.45) is 1.13. The van der Waals surface area contributed by atoms with Crippen LogP contribution in [-0.2, 0) is 10.0 Å². The van der Waals surface area contributed by atoms with Gasteiger partial charge in [-0.25, -0.2) is 13.1 Å². The van der Waals surface area contributed by atoms with E-state index in [1.165, 1.54) is 6.08 Å². The molecule has 0 aliphatic carbocycles. The smallest absolute Gasteiger partial charge is 0.233 e. The Bertz CT molecular complexity index is 834. The Hall–Kier alpha value is -2.02. The molecule has 1 aliphatic rings. The van der Waals surface area contributed by atoms with Gasteiger partial charge in [-0.2, -0.15) is 0 Å². The highest BCUT2D eigenvalue weighted by Crippen LogP contribution is 2.30. The van der Waals surface area contributed by atoms with E-state index in [0.717, 1.165) is 11.0 Å². The lowest BCUT2D eigenvalue weighted by Crippen LogP contribution is -2.40. The molecule has 3 rings (SSSR count). The number of nitrogens with one attached hydrogen (secondary N) is 1. The number of sulfonamides is 1. The van der Waals surface area contributed by atoms with Crippen molar-refractivity contribution in [3.63, 3.8) is 0 Å². The number of halogens is 1. The van der Waals surface area contributed by atoms with Crippen LogP contribution in [0.1, 0.15) is 5.56 Å². The predicted molar refractivity (Wildman–Crippen MR) is 93.8 cm³/mol. The van der Waals surface area contributed by atoms with Crippen LogP contribution in [0.15, 0.2) is 53.9 Å². The summed E-state index contributed by atoms with van der Waals surface area (Å²) >= 11 is 5.79. The van der Waals surface area contributed by atoms with Crippen LogP contribution in [0.2, 0.25) is 5.02 Å². The average Bonchev–Trinajstić information content (AvgIpc) is 2.59. The summed E-state index contributed by atoms with van der Waals surface area (Å²) in [5.74, 6) is 1.28. The van der Waals surface area contributed by atoms with Crippen molar-refractivity contribution >= 4 is 27.7 Å². The number of benzene rings is 2. The van der Waals surface area contributed by atoms with Crippen LogP contribution in [0.25, 0.3) is 6.08 Å². The molecule has 0 radical (unpaired) electrons. The first-order valence-electron chi connectivity index (χ1n) is 7.34. The minimum atomic E-state index is -3.57. The monoisotopic (exact) mass is 365 g/mol. The zero-order valence-corrected chi connectivity index (χ0v) is 14.3. The summed E-state index contributed by atoms with van der Waals surface area (Å²) in [6, 6.07) is 14.2. The molecule has 0 fully saturated rings. The SMILES string of the molecule is O=S(=O)(/C=C/c1ccc(Cl)cc1)NC[C@H]1COc2ccccc2O1. The highest BCUT2D eigenvalue weighted by Gasteiger charge is 2.21. The van der Waals surface area contributed by atoms with Gasteiger partial charge in [0.1, 0.15) is 12.7 Å². The van der Waals surface area contributed by atoms with Crippen molar-refractivity contribution in [2.75, 3.05) is 13.2 Å². The molecule has 5 nitrogen and oxygen atoms in total. The fourth-order valence-electron chi connectivity index (χ4n) is 2.16. The normalized spacial score (nSPS) is 17.1. The van der Waals surface area contributed by atoms with Crippen LogP contribution in [-0.4, -0.2) is 27.7 Å². The van der Waals surface area contributed by atoms with E-state index < -0.39 is 10.0 Å². The topological polar surface area (TPSA) is 64.6 Å².